The number of thiazole rings is 1. The number of carbonyl (C=O) groups is 1. The minimum atomic E-state index is 0.301. The highest BCUT2D eigenvalue weighted by atomic mass is 32.1. The molecule has 0 spiro atoms. The standard InChI is InChI=1S/C13H18N2OS/c1-15(9-5-2-3-6-9)13-14-10-7-4-8-11(16)12(10)17-13/h9H,2-8H2,1H3. The number of carbonyl (C=O) groups excluding carboxylic acids is 1. The average Bonchev–Trinajstić information content (AvgIpc) is 2.98. The number of ketones is 1. The summed E-state index contributed by atoms with van der Waals surface area (Å²) in [5.41, 5.74) is 1.05. The van der Waals surface area contributed by atoms with Crippen LogP contribution in [0.2, 0.25) is 0 Å². The lowest BCUT2D eigenvalue weighted by Gasteiger charge is -2.23. The number of hydrogen-bond donors (Lipinski definition) is 0. The molecular weight excluding hydrogens is 232 g/mol. The second-order valence-electron chi connectivity index (χ2n) is 5.10. The predicted octanol–water partition coefficient (Wildman–Crippen LogP) is 3.04. The number of rotatable bonds is 2. The zero-order valence-corrected chi connectivity index (χ0v) is 11.1. The maximum Gasteiger partial charge on any atom is 0.186 e. The Hall–Kier alpha value is -0.900. The Bertz CT molecular complexity index is 435. The van der Waals surface area contributed by atoms with Crippen molar-refractivity contribution in [3.63, 3.8) is 0 Å². The molecule has 0 atom stereocenters. The normalized spacial score (nSPS) is 20.6. The Labute approximate surface area is 106 Å². The molecule has 2 aliphatic carbocycles. The number of fused-ring (bicyclic) bond motifs is 1. The van der Waals surface area contributed by atoms with Crippen LogP contribution in [0, 0.1) is 0 Å². The Kier molecular flexibility index (Phi) is 2.90. The summed E-state index contributed by atoms with van der Waals surface area (Å²) in [6, 6.07) is 0.637. The van der Waals surface area contributed by atoms with E-state index in [1.54, 1.807) is 11.3 Å². The van der Waals surface area contributed by atoms with Crippen molar-refractivity contribution in [3.8, 4) is 0 Å². The number of aromatic nitrogens is 1. The summed E-state index contributed by atoms with van der Waals surface area (Å²) < 4.78 is 0. The third kappa shape index (κ3) is 1.99. The van der Waals surface area contributed by atoms with E-state index in [0.29, 0.717) is 18.2 Å². The van der Waals surface area contributed by atoms with Crippen LogP contribution in [0.25, 0.3) is 0 Å². The number of hydrogen-bond acceptors (Lipinski definition) is 4. The van der Waals surface area contributed by atoms with Crippen LogP contribution in [-0.2, 0) is 6.42 Å². The van der Waals surface area contributed by atoms with Crippen molar-refractivity contribution in [3.05, 3.63) is 10.6 Å². The molecule has 0 radical (unpaired) electrons. The fourth-order valence-corrected chi connectivity index (χ4v) is 3.97. The second-order valence-corrected chi connectivity index (χ2v) is 6.08. The molecule has 0 aromatic carbocycles. The smallest absolute Gasteiger partial charge is 0.186 e. The van der Waals surface area contributed by atoms with Crippen molar-refractivity contribution in [2.75, 3.05) is 11.9 Å². The fourth-order valence-electron chi connectivity index (χ4n) is 2.86. The lowest BCUT2D eigenvalue weighted by atomic mass is 10.0. The monoisotopic (exact) mass is 250 g/mol. The summed E-state index contributed by atoms with van der Waals surface area (Å²) >= 11 is 1.60. The first kappa shape index (κ1) is 11.2. The van der Waals surface area contributed by atoms with Crippen LogP contribution < -0.4 is 4.90 Å². The molecule has 1 fully saturated rings. The first-order valence-corrected chi connectivity index (χ1v) is 7.33. The van der Waals surface area contributed by atoms with Gasteiger partial charge in [-0.3, -0.25) is 4.79 Å². The number of aryl methyl sites for hydroxylation is 1. The molecule has 0 saturated heterocycles. The number of nitrogens with zero attached hydrogens (tertiary/aromatic N) is 2. The van der Waals surface area contributed by atoms with Gasteiger partial charge in [-0.25, -0.2) is 4.98 Å². The van der Waals surface area contributed by atoms with Gasteiger partial charge in [-0.15, -0.1) is 0 Å². The van der Waals surface area contributed by atoms with E-state index >= 15 is 0 Å². The Morgan fingerprint density at radius 2 is 2.00 bits per heavy atom. The predicted molar refractivity (Wildman–Crippen MR) is 70.0 cm³/mol. The van der Waals surface area contributed by atoms with Crippen molar-refractivity contribution in [2.24, 2.45) is 0 Å². The first-order valence-electron chi connectivity index (χ1n) is 6.51. The third-order valence-corrected chi connectivity index (χ3v) is 5.16. The Morgan fingerprint density at radius 1 is 1.24 bits per heavy atom. The highest BCUT2D eigenvalue weighted by molar-refractivity contribution is 7.17. The van der Waals surface area contributed by atoms with E-state index in [9.17, 15) is 4.79 Å². The molecule has 1 saturated carbocycles. The number of anilines is 1. The van der Waals surface area contributed by atoms with E-state index in [0.717, 1.165) is 28.5 Å². The highest BCUT2D eigenvalue weighted by Gasteiger charge is 2.26. The first-order chi connectivity index (χ1) is 8.25. The lowest BCUT2D eigenvalue weighted by Crippen LogP contribution is -2.28. The van der Waals surface area contributed by atoms with Crippen LogP contribution in [0.1, 0.15) is 53.9 Å². The minimum Gasteiger partial charge on any atom is -0.348 e. The van der Waals surface area contributed by atoms with E-state index in [2.05, 4.69) is 16.9 Å². The van der Waals surface area contributed by atoms with Gasteiger partial charge in [0.05, 0.1) is 10.6 Å². The molecule has 4 heteroatoms. The SMILES string of the molecule is CN(c1nc2c(s1)C(=O)CCC2)C1CCCC1. The van der Waals surface area contributed by atoms with Gasteiger partial charge in [-0.05, 0) is 25.7 Å². The van der Waals surface area contributed by atoms with E-state index in [4.69, 9.17) is 0 Å². The van der Waals surface area contributed by atoms with E-state index < -0.39 is 0 Å². The van der Waals surface area contributed by atoms with E-state index in [-0.39, 0.29) is 0 Å². The summed E-state index contributed by atoms with van der Waals surface area (Å²) in [4.78, 5) is 19.7. The second kappa shape index (κ2) is 4.41. The van der Waals surface area contributed by atoms with E-state index in [1.165, 1.54) is 25.7 Å². The number of Topliss-reactive ketones (excluding diaryl/α,β-unsaturated/α-hetero) is 1. The summed E-state index contributed by atoms with van der Waals surface area (Å²) in [6.45, 7) is 0. The van der Waals surface area contributed by atoms with Gasteiger partial charge in [0.15, 0.2) is 10.9 Å². The van der Waals surface area contributed by atoms with Crippen molar-refractivity contribution in [2.45, 2.75) is 51.0 Å². The molecule has 3 nitrogen and oxygen atoms in total. The minimum absolute atomic E-state index is 0.301. The molecule has 92 valence electrons. The Morgan fingerprint density at radius 3 is 2.71 bits per heavy atom. The van der Waals surface area contributed by atoms with E-state index in [1.807, 2.05) is 0 Å². The van der Waals surface area contributed by atoms with Gasteiger partial charge >= 0.3 is 0 Å². The zero-order valence-electron chi connectivity index (χ0n) is 10.2. The van der Waals surface area contributed by atoms with Gasteiger partial charge < -0.3 is 4.90 Å². The third-order valence-electron chi connectivity index (χ3n) is 3.93. The molecule has 2 aliphatic rings. The largest absolute Gasteiger partial charge is 0.348 e. The topological polar surface area (TPSA) is 33.2 Å². The van der Waals surface area contributed by atoms with Gasteiger partial charge in [0, 0.05) is 19.5 Å². The van der Waals surface area contributed by atoms with Gasteiger partial charge in [0.2, 0.25) is 0 Å². The zero-order chi connectivity index (χ0) is 11.8. The van der Waals surface area contributed by atoms with Crippen molar-refractivity contribution in [1.29, 1.82) is 0 Å². The fraction of sp³-hybridized carbons (Fsp3) is 0.692. The molecule has 17 heavy (non-hydrogen) atoms. The molecule has 1 aromatic heterocycles. The van der Waals surface area contributed by atoms with Crippen molar-refractivity contribution >= 4 is 22.3 Å². The molecule has 0 aliphatic heterocycles. The van der Waals surface area contributed by atoms with Crippen molar-refractivity contribution < 1.29 is 4.79 Å². The summed E-state index contributed by atoms with van der Waals surface area (Å²) in [6.07, 6.45) is 7.88. The van der Waals surface area contributed by atoms with Crippen LogP contribution in [0.5, 0.6) is 0 Å². The molecule has 0 amide bonds. The van der Waals surface area contributed by atoms with Crippen LogP contribution in [0.4, 0.5) is 5.13 Å². The lowest BCUT2D eigenvalue weighted by molar-refractivity contribution is 0.0976. The Balaban J connectivity index is 1.86. The van der Waals surface area contributed by atoms with Crippen LogP contribution in [-0.4, -0.2) is 23.9 Å². The average molecular weight is 250 g/mol. The maximum absolute atomic E-state index is 11.8. The summed E-state index contributed by atoms with van der Waals surface area (Å²) in [5, 5.41) is 1.05. The summed E-state index contributed by atoms with van der Waals surface area (Å²) in [7, 11) is 2.13. The molecular formula is C13H18N2OS. The quantitative estimate of drug-likeness (QED) is 0.809. The maximum atomic E-state index is 11.8. The van der Waals surface area contributed by atoms with Gasteiger partial charge in [0.25, 0.3) is 0 Å². The molecule has 0 bridgehead atoms. The summed E-state index contributed by atoms with van der Waals surface area (Å²) in [5.74, 6) is 0.301. The molecule has 0 unspecified atom stereocenters. The van der Waals surface area contributed by atoms with Gasteiger partial charge in [-0.2, -0.15) is 0 Å². The van der Waals surface area contributed by atoms with Crippen molar-refractivity contribution in [1.82, 2.24) is 4.98 Å². The van der Waals surface area contributed by atoms with Crippen LogP contribution >= 0.6 is 11.3 Å². The molecule has 1 heterocycles. The molecule has 1 aromatic rings. The highest BCUT2D eigenvalue weighted by Crippen LogP contribution is 2.34. The van der Waals surface area contributed by atoms with Crippen LogP contribution in [0.15, 0.2) is 0 Å². The van der Waals surface area contributed by atoms with Gasteiger partial charge in [-0.1, -0.05) is 24.2 Å². The van der Waals surface area contributed by atoms with Gasteiger partial charge in [0.1, 0.15) is 0 Å². The van der Waals surface area contributed by atoms with Crippen LogP contribution in [0.3, 0.4) is 0 Å². The molecule has 3 rings (SSSR count). The molecule has 0 N–H and O–H groups in total.